The van der Waals surface area contributed by atoms with E-state index >= 15 is 0 Å². The first-order valence-corrected chi connectivity index (χ1v) is 7.19. The van der Waals surface area contributed by atoms with Gasteiger partial charge in [-0.05, 0) is 63.7 Å². The lowest BCUT2D eigenvalue weighted by Crippen LogP contribution is -2.29. The fourth-order valence-electron chi connectivity index (χ4n) is 2.78. The molecule has 1 saturated heterocycles. The molecule has 1 N–H and O–H groups in total. The van der Waals surface area contributed by atoms with Gasteiger partial charge < -0.3 is 10.2 Å². The molecule has 0 aromatic carbocycles. The molecule has 0 atom stereocenters. The fourth-order valence-corrected chi connectivity index (χ4v) is 2.78. The highest BCUT2D eigenvalue weighted by Crippen LogP contribution is 2.36. The molecule has 0 aliphatic carbocycles. The van der Waals surface area contributed by atoms with Gasteiger partial charge in [0.05, 0.1) is 0 Å². The number of nitrogens with one attached hydrogen (secondary N) is 1. The quantitative estimate of drug-likeness (QED) is 0.640. The average molecular weight is 226 g/mol. The normalized spacial score (nSPS) is 20.4. The van der Waals surface area contributed by atoms with E-state index in [4.69, 9.17) is 0 Å². The highest BCUT2D eigenvalue weighted by atomic mass is 15.2. The molecule has 0 unspecified atom stereocenters. The number of rotatable bonds is 8. The minimum Gasteiger partial charge on any atom is -0.317 e. The topological polar surface area (TPSA) is 15.3 Å². The Morgan fingerprint density at radius 1 is 1.12 bits per heavy atom. The zero-order chi connectivity index (χ0) is 11.9. The summed E-state index contributed by atoms with van der Waals surface area (Å²) in [5.74, 6) is 0. The number of nitrogens with zero attached hydrogens (tertiary/aromatic N) is 1. The van der Waals surface area contributed by atoms with Crippen LogP contribution in [-0.4, -0.2) is 37.6 Å². The average Bonchev–Trinajstić information content (AvgIpc) is 2.73. The van der Waals surface area contributed by atoms with Crippen molar-refractivity contribution in [2.24, 2.45) is 5.41 Å². The minimum atomic E-state index is 0.650. The van der Waals surface area contributed by atoms with E-state index in [9.17, 15) is 0 Å². The molecule has 1 aliphatic heterocycles. The van der Waals surface area contributed by atoms with E-state index in [0.717, 1.165) is 0 Å². The summed E-state index contributed by atoms with van der Waals surface area (Å²) in [5, 5.41) is 3.48. The molecule has 1 aliphatic rings. The van der Waals surface area contributed by atoms with E-state index in [0.29, 0.717) is 5.41 Å². The second kappa shape index (κ2) is 7.29. The molecule has 2 heteroatoms. The zero-order valence-corrected chi connectivity index (χ0v) is 11.5. The molecule has 1 rings (SSSR count). The molecule has 96 valence electrons. The lowest BCUT2D eigenvalue weighted by molar-refractivity contribution is 0.238. The van der Waals surface area contributed by atoms with E-state index < -0.39 is 0 Å². The van der Waals surface area contributed by atoms with Gasteiger partial charge in [0.25, 0.3) is 0 Å². The highest BCUT2D eigenvalue weighted by Gasteiger charge is 2.34. The van der Waals surface area contributed by atoms with E-state index in [1.165, 1.54) is 64.8 Å². The van der Waals surface area contributed by atoms with Gasteiger partial charge >= 0.3 is 0 Å². The van der Waals surface area contributed by atoms with Crippen LogP contribution in [0.1, 0.15) is 52.9 Å². The van der Waals surface area contributed by atoms with Gasteiger partial charge in [-0.1, -0.05) is 20.8 Å². The Hall–Kier alpha value is -0.0800. The van der Waals surface area contributed by atoms with Crippen LogP contribution in [0.3, 0.4) is 0 Å². The lowest BCUT2D eigenvalue weighted by atomic mass is 9.82. The molecule has 0 bridgehead atoms. The molecule has 0 amide bonds. The number of likely N-dealkylation sites (tertiary alicyclic amines) is 1. The third-order valence-electron chi connectivity index (χ3n) is 4.27. The Morgan fingerprint density at radius 2 is 1.88 bits per heavy atom. The summed E-state index contributed by atoms with van der Waals surface area (Å²) in [6.45, 7) is 13.3. The van der Waals surface area contributed by atoms with Gasteiger partial charge in [-0.3, -0.25) is 0 Å². The van der Waals surface area contributed by atoms with E-state index in [2.05, 4.69) is 31.0 Å². The van der Waals surface area contributed by atoms with E-state index in [1.54, 1.807) is 0 Å². The molecule has 0 radical (unpaired) electrons. The van der Waals surface area contributed by atoms with Crippen molar-refractivity contribution >= 4 is 0 Å². The number of hydrogen-bond acceptors (Lipinski definition) is 2. The molecular formula is C14H30N2. The molecular weight excluding hydrogens is 196 g/mol. The summed E-state index contributed by atoms with van der Waals surface area (Å²) in [6, 6.07) is 0. The largest absolute Gasteiger partial charge is 0.317 e. The lowest BCUT2D eigenvalue weighted by Gasteiger charge is -2.26. The Morgan fingerprint density at radius 3 is 2.44 bits per heavy atom. The smallest absolute Gasteiger partial charge is 0.00383 e. The Kier molecular flexibility index (Phi) is 6.37. The summed E-state index contributed by atoms with van der Waals surface area (Å²) < 4.78 is 0. The fraction of sp³-hybridized carbons (Fsp3) is 1.00. The predicted octanol–water partition coefficient (Wildman–Crippen LogP) is 2.89. The van der Waals surface area contributed by atoms with Crippen molar-refractivity contribution in [2.45, 2.75) is 52.9 Å². The summed E-state index contributed by atoms with van der Waals surface area (Å²) in [7, 11) is 0. The van der Waals surface area contributed by atoms with Crippen LogP contribution in [0.4, 0.5) is 0 Å². The van der Waals surface area contributed by atoms with Crippen LogP contribution >= 0.6 is 0 Å². The molecule has 0 aromatic heterocycles. The molecule has 1 fully saturated rings. The SMILES string of the molecule is CCCNCCCN1CCC(CC)(CC)C1. The van der Waals surface area contributed by atoms with Crippen LogP contribution in [-0.2, 0) is 0 Å². The first-order chi connectivity index (χ1) is 7.76. The molecule has 16 heavy (non-hydrogen) atoms. The first kappa shape index (κ1) is 14.0. The summed E-state index contributed by atoms with van der Waals surface area (Å²) in [5.41, 5.74) is 0.650. The van der Waals surface area contributed by atoms with E-state index in [1.807, 2.05) is 0 Å². The van der Waals surface area contributed by atoms with Crippen LogP contribution in [0, 0.1) is 5.41 Å². The molecule has 0 spiro atoms. The van der Waals surface area contributed by atoms with Crippen molar-refractivity contribution in [3.8, 4) is 0 Å². The van der Waals surface area contributed by atoms with Gasteiger partial charge in [0.1, 0.15) is 0 Å². The second-order valence-electron chi connectivity index (χ2n) is 5.34. The Bertz CT molecular complexity index is 176. The van der Waals surface area contributed by atoms with Crippen LogP contribution in [0.15, 0.2) is 0 Å². The van der Waals surface area contributed by atoms with Gasteiger partial charge in [-0.15, -0.1) is 0 Å². The second-order valence-corrected chi connectivity index (χ2v) is 5.34. The standard InChI is InChI=1S/C14H30N2/c1-4-9-15-10-7-11-16-12-8-14(5-2,6-3)13-16/h15H,4-13H2,1-3H3. The summed E-state index contributed by atoms with van der Waals surface area (Å²) in [4.78, 5) is 2.67. The summed E-state index contributed by atoms with van der Waals surface area (Å²) >= 11 is 0. The highest BCUT2D eigenvalue weighted by molar-refractivity contribution is 4.87. The monoisotopic (exact) mass is 226 g/mol. The van der Waals surface area contributed by atoms with Crippen molar-refractivity contribution in [2.75, 3.05) is 32.7 Å². The van der Waals surface area contributed by atoms with Gasteiger partial charge in [0.15, 0.2) is 0 Å². The van der Waals surface area contributed by atoms with E-state index in [-0.39, 0.29) is 0 Å². The Labute approximate surface area is 102 Å². The molecule has 0 saturated carbocycles. The van der Waals surface area contributed by atoms with Crippen LogP contribution in [0.5, 0.6) is 0 Å². The third-order valence-corrected chi connectivity index (χ3v) is 4.27. The Balaban J connectivity index is 2.11. The first-order valence-electron chi connectivity index (χ1n) is 7.19. The van der Waals surface area contributed by atoms with Gasteiger partial charge in [-0.2, -0.15) is 0 Å². The maximum Gasteiger partial charge on any atom is 0.00383 e. The van der Waals surface area contributed by atoms with Gasteiger partial charge in [0.2, 0.25) is 0 Å². The van der Waals surface area contributed by atoms with Crippen molar-refractivity contribution in [3.63, 3.8) is 0 Å². The molecule has 2 nitrogen and oxygen atoms in total. The van der Waals surface area contributed by atoms with Gasteiger partial charge in [0, 0.05) is 6.54 Å². The number of hydrogen-bond donors (Lipinski definition) is 1. The molecule has 0 aromatic rings. The van der Waals surface area contributed by atoms with Crippen LogP contribution in [0.2, 0.25) is 0 Å². The summed E-state index contributed by atoms with van der Waals surface area (Å²) in [6.07, 6.45) is 6.69. The van der Waals surface area contributed by atoms with Crippen LogP contribution < -0.4 is 5.32 Å². The zero-order valence-electron chi connectivity index (χ0n) is 11.5. The third kappa shape index (κ3) is 4.06. The molecule has 1 heterocycles. The predicted molar refractivity (Wildman–Crippen MR) is 71.8 cm³/mol. The van der Waals surface area contributed by atoms with Crippen molar-refractivity contribution < 1.29 is 0 Å². The van der Waals surface area contributed by atoms with Crippen LogP contribution in [0.25, 0.3) is 0 Å². The van der Waals surface area contributed by atoms with Crippen molar-refractivity contribution in [1.82, 2.24) is 10.2 Å². The van der Waals surface area contributed by atoms with Crippen molar-refractivity contribution in [1.29, 1.82) is 0 Å². The van der Waals surface area contributed by atoms with Crippen molar-refractivity contribution in [3.05, 3.63) is 0 Å². The van der Waals surface area contributed by atoms with Gasteiger partial charge in [-0.25, -0.2) is 0 Å². The minimum absolute atomic E-state index is 0.650. The maximum atomic E-state index is 3.48. The maximum absolute atomic E-state index is 3.48.